The molecule has 0 saturated heterocycles. The van der Waals surface area contributed by atoms with Gasteiger partial charge in [0.05, 0.1) is 19.9 Å². The molecule has 0 unspecified atom stereocenters. The fraction of sp³-hybridized carbons (Fsp3) is 0.261. The maximum Gasteiger partial charge on any atom is 0.267 e. The van der Waals surface area contributed by atoms with Gasteiger partial charge in [0.15, 0.2) is 11.5 Å². The molecule has 4 aromatic rings. The predicted octanol–water partition coefficient (Wildman–Crippen LogP) is 5.32. The molecule has 0 aliphatic carbocycles. The van der Waals surface area contributed by atoms with E-state index in [4.69, 9.17) is 14.5 Å². The second kappa shape index (κ2) is 8.39. The lowest BCUT2D eigenvalue weighted by molar-refractivity contribution is 0.103. The van der Waals surface area contributed by atoms with Crippen LogP contribution in [0.4, 0.5) is 5.69 Å². The molecule has 0 saturated carbocycles. The molecule has 0 spiro atoms. The first-order chi connectivity index (χ1) is 14.9. The van der Waals surface area contributed by atoms with Crippen LogP contribution in [0.3, 0.4) is 0 Å². The van der Waals surface area contributed by atoms with Crippen molar-refractivity contribution in [3.05, 3.63) is 53.3 Å². The van der Waals surface area contributed by atoms with Crippen LogP contribution in [-0.4, -0.2) is 34.7 Å². The number of fused-ring (bicyclic) bond motifs is 1. The summed E-state index contributed by atoms with van der Waals surface area (Å²) in [6, 6.07) is 9.49. The van der Waals surface area contributed by atoms with Crippen molar-refractivity contribution in [1.29, 1.82) is 0 Å². The van der Waals surface area contributed by atoms with Gasteiger partial charge < -0.3 is 19.4 Å². The Hall–Kier alpha value is -3.39. The zero-order valence-electron chi connectivity index (χ0n) is 18.1. The Morgan fingerprint density at radius 3 is 2.65 bits per heavy atom. The van der Waals surface area contributed by atoms with Gasteiger partial charge in [-0.05, 0) is 45.0 Å². The minimum Gasteiger partial charge on any atom is -0.493 e. The Bertz CT molecular complexity index is 1260. The average Bonchev–Trinajstić information content (AvgIpc) is 3.34. The van der Waals surface area contributed by atoms with Gasteiger partial charge in [0, 0.05) is 41.1 Å². The second-order valence-electron chi connectivity index (χ2n) is 7.38. The standard InChI is InChI=1S/C23H24N4O3S/c1-13(2)27-12-17(16-7-6-10-24-21(16)27)23-25-14(3)20(31-23)22(28)26-15-8-9-18(29-4)19(11-15)30-5/h6-13H,1-5H3,(H,26,28). The molecule has 3 heterocycles. The van der Waals surface area contributed by atoms with Crippen molar-refractivity contribution in [2.45, 2.75) is 26.8 Å². The molecular weight excluding hydrogens is 412 g/mol. The summed E-state index contributed by atoms with van der Waals surface area (Å²) in [5.74, 6) is 0.946. The molecule has 0 aliphatic rings. The van der Waals surface area contributed by atoms with E-state index in [9.17, 15) is 4.79 Å². The summed E-state index contributed by atoms with van der Waals surface area (Å²) in [5, 5.41) is 4.75. The van der Waals surface area contributed by atoms with E-state index in [1.54, 1.807) is 38.6 Å². The van der Waals surface area contributed by atoms with E-state index in [0.717, 1.165) is 21.6 Å². The number of nitrogens with zero attached hydrogens (tertiary/aromatic N) is 3. The minimum absolute atomic E-state index is 0.209. The average molecular weight is 437 g/mol. The molecule has 0 radical (unpaired) electrons. The topological polar surface area (TPSA) is 78.3 Å². The number of thiazole rings is 1. The quantitative estimate of drug-likeness (QED) is 0.443. The molecule has 0 aliphatic heterocycles. The SMILES string of the molecule is COc1ccc(NC(=O)c2sc(-c3cn(C(C)C)c4ncccc34)nc2C)cc1OC. The van der Waals surface area contributed by atoms with Crippen LogP contribution in [0.2, 0.25) is 0 Å². The van der Waals surface area contributed by atoms with Crippen molar-refractivity contribution in [1.82, 2.24) is 14.5 Å². The van der Waals surface area contributed by atoms with Crippen LogP contribution in [0, 0.1) is 6.92 Å². The van der Waals surface area contributed by atoms with E-state index < -0.39 is 0 Å². The number of amides is 1. The van der Waals surface area contributed by atoms with Crippen LogP contribution >= 0.6 is 11.3 Å². The number of ether oxygens (including phenoxy) is 2. The zero-order valence-corrected chi connectivity index (χ0v) is 18.9. The predicted molar refractivity (Wildman–Crippen MR) is 123 cm³/mol. The molecule has 0 bridgehead atoms. The first-order valence-corrected chi connectivity index (χ1v) is 10.7. The summed E-state index contributed by atoms with van der Waals surface area (Å²) < 4.78 is 12.7. The highest BCUT2D eigenvalue weighted by Crippen LogP contribution is 2.36. The number of carbonyl (C=O) groups excluding carboxylic acids is 1. The fourth-order valence-corrected chi connectivity index (χ4v) is 4.46. The number of methoxy groups -OCH3 is 2. The van der Waals surface area contributed by atoms with Gasteiger partial charge in [-0.25, -0.2) is 9.97 Å². The molecule has 0 fully saturated rings. The van der Waals surface area contributed by atoms with Crippen molar-refractivity contribution in [2.24, 2.45) is 0 Å². The third kappa shape index (κ3) is 3.86. The van der Waals surface area contributed by atoms with Gasteiger partial charge in [-0.15, -0.1) is 11.3 Å². The van der Waals surface area contributed by atoms with E-state index in [2.05, 4.69) is 34.9 Å². The van der Waals surface area contributed by atoms with Crippen LogP contribution in [0.5, 0.6) is 11.5 Å². The van der Waals surface area contributed by atoms with Gasteiger partial charge in [0.1, 0.15) is 15.5 Å². The monoisotopic (exact) mass is 436 g/mol. The Kier molecular flexibility index (Phi) is 5.65. The van der Waals surface area contributed by atoms with Crippen LogP contribution in [0.1, 0.15) is 35.3 Å². The molecular formula is C23H24N4O3S. The number of aryl methyl sites for hydroxylation is 1. The van der Waals surface area contributed by atoms with E-state index in [1.165, 1.54) is 11.3 Å². The highest BCUT2D eigenvalue weighted by molar-refractivity contribution is 7.17. The summed E-state index contributed by atoms with van der Waals surface area (Å²) in [7, 11) is 3.13. The number of nitrogens with one attached hydrogen (secondary N) is 1. The van der Waals surface area contributed by atoms with Crippen molar-refractivity contribution < 1.29 is 14.3 Å². The molecule has 8 heteroatoms. The van der Waals surface area contributed by atoms with Gasteiger partial charge in [-0.3, -0.25) is 4.79 Å². The summed E-state index contributed by atoms with van der Waals surface area (Å²) in [6.07, 6.45) is 3.86. The molecule has 160 valence electrons. The zero-order chi connectivity index (χ0) is 22.1. The van der Waals surface area contributed by atoms with Gasteiger partial charge in [-0.1, -0.05) is 0 Å². The van der Waals surface area contributed by atoms with Crippen molar-refractivity contribution in [2.75, 3.05) is 19.5 Å². The lowest BCUT2D eigenvalue weighted by atomic mass is 10.2. The molecule has 4 rings (SSSR count). The van der Waals surface area contributed by atoms with E-state index >= 15 is 0 Å². The van der Waals surface area contributed by atoms with E-state index in [0.29, 0.717) is 27.8 Å². The Balaban J connectivity index is 1.67. The lowest BCUT2D eigenvalue weighted by Crippen LogP contribution is -2.11. The third-order valence-corrected chi connectivity index (χ3v) is 6.21. The molecule has 31 heavy (non-hydrogen) atoms. The van der Waals surface area contributed by atoms with E-state index in [-0.39, 0.29) is 11.9 Å². The number of anilines is 1. The number of benzene rings is 1. The highest BCUT2D eigenvalue weighted by atomic mass is 32.1. The largest absolute Gasteiger partial charge is 0.493 e. The van der Waals surface area contributed by atoms with Gasteiger partial charge in [0.25, 0.3) is 5.91 Å². The van der Waals surface area contributed by atoms with E-state index in [1.807, 2.05) is 19.1 Å². The van der Waals surface area contributed by atoms with Crippen LogP contribution in [-0.2, 0) is 0 Å². The molecule has 0 atom stereocenters. The molecule has 1 aromatic carbocycles. The summed E-state index contributed by atoms with van der Waals surface area (Å²) in [5.41, 5.74) is 3.21. The number of carbonyl (C=O) groups is 1. The van der Waals surface area contributed by atoms with Crippen molar-refractivity contribution in [3.63, 3.8) is 0 Å². The number of rotatable bonds is 6. The van der Waals surface area contributed by atoms with Gasteiger partial charge >= 0.3 is 0 Å². The van der Waals surface area contributed by atoms with Crippen molar-refractivity contribution >= 4 is 34.0 Å². The Morgan fingerprint density at radius 1 is 1.16 bits per heavy atom. The maximum atomic E-state index is 13.0. The van der Waals surface area contributed by atoms with Gasteiger partial charge in [0.2, 0.25) is 0 Å². The normalized spacial score (nSPS) is 11.2. The van der Waals surface area contributed by atoms with Crippen LogP contribution in [0.25, 0.3) is 21.6 Å². The number of hydrogen-bond acceptors (Lipinski definition) is 6. The molecule has 3 aromatic heterocycles. The third-order valence-electron chi connectivity index (χ3n) is 5.02. The van der Waals surface area contributed by atoms with Crippen LogP contribution in [0.15, 0.2) is 42.7 Å². The second-order valence-corrected chi connectivity index (χ2v) is 8.37. The Labute approximate surface area is 184 Å². The highest BCUT2D eigenvalue weighted by Gasteiger charge is 2.20. The van der Waals surface area contributed by atoms with Gasteiger partial charge in [-0.2, -0.15) is 0 Å². The van der Waals surface area contributed by atoms with Crippen LogP contribution < -0.4 is 14.8 Å². The minimum atomic E-state index is -0.209. The number of pyridine rings is 1. The summed E-state index contributed by atoms with van der Waals surface area (Å²) in [4.78, 5) is 22.8. The number of aromatic nitrogens is 3. The van der Waals surface area contributed by atoms with Crippen molar-refractivity contribution in [3.8, 4) is 22.1 Å². The lowest BCUT2D eigenvalue weighted by Gasteiger charge is -2.10. The molecule has 7 nitrogen and oxygen atoms in total. The summed E-state index contributed by atoms with van der Waals surface area (Å²) in [6.45, 7) is 6.09. The fourth-order valence-electron chi connectivity index (χ4n) is 3.47. The first-order valence-electron chi connectivity index (χ1n) is 9.89. The number of hydrogen-bond donors (Lipinski definition) is 1. The Morgan fingerprint density at radius 2 is 1.94 bits per heavy atom. The first kappa shape index (κ1) is 20.9. The summed E-state index contributed by atoms with van der Waals surface area (Å²) >= 11 is 1.38. The molecule has 1 N–H and O–H groups in total. The maximum absolute atomic E-state index is 13.0. The smallest absolute Gasteiger partial charge is 0.267 e. The molecule has 1 amide bonds.